The normalized spacial score (nSPS) is 15.6. The highest BCUT2D eigenvalue weighted by atomic mass is 32.2. The molecule has 0 saturated carbocycles. The number of hydrogen-bond donors (Lipinski definition) is 2. The monoisotopic (exact) mass is 397 g/mol. The SMILES string of the molecule is NCCCCCCC(=O)NCc1ccccc1CS(=O)(=O)N1CCOCC1. The minimum Gasteiger partial charge on any atom is -0.379 e. The maximum atomic E-state index is 12.6. The number of amides is 1. The largest absolute Gasteiger partial charge is 0.379 e. The first-order valence-corrected chi connectivity index (χ1v) is 11.2. The van der Waals surface area contributed by atoms with E-state index in [1.165, 1.54) is 4.31 Å². The molecule has 0 aromatic heterocycles. The molecular formula is C19H31N3O4S. The van der Waals surface area contributed by atoms with Gasteiger partial charge in [0.15, 0.2) is 0 Å². The van der Waals surface area contributed by atoms with Crippen molar-refractivity contribution < 1.29 is 17.9 Å². The number of sulfonamides is 1. The van der Waals surface area contributed by atoms with E-state index in [0.29, 0.717) is 45.8 Å². The topological polar surface area (TPSA) is 102 Å². The van der Waals surface area contributed by atoms with E-state index in [-0.39, 0.29) is 11.7 Å². The highest BCUT2D eigenvalue weighted by Crippen LogP contribution is 2.16. The number of carbonyl (C=O) groups excluding carboxylic acids is 1. The first kappa shape index (κ1) is 21.8. The Morgan fingerprint density at radius 2 is 1.74 bits per heavy atom. The third-order valence-corrected chi connectivity index (χ3v) is 6.48. The van der Waals surface area contributed by atoms with Crippen molar-refractivity contribution in [2.75, 3.05) is 32.8 Å². The molecule has 7 nitrogen and oxygen atoms in total. The molecule has 0 radical (unpaired) electrons. The van der Waals surface area contributed by atoms with Gasteiger partial charge in [-0.25, -0.2) is 8.42 Å². The number of benzene rings is 1. The lowest BCUT2D eigenvalue weighted by Gasteiger charge is -2.26. The van der Waals surface area contributed by atoms with Crippen LogP contribution in [-0.4, -0.2) is 51.5 Å². The smallest absolute Gasteiger partial charge is 0.220 e. The summed E-state index contributed by atoms with van der Waals surface area (Å²) in [6.07, 6.45) is 4.37. The standard InChI is InChI=1S/C19H31N3O4S/c20-10-6-2-1-3-9-19(23)21-15-17-7-4-5-8-18(17)16-27(24,25)22-11-13-26-14-12-22/h4-5,7-8H,1-3,6,9-16,20H2,(H,21,23). The Hall–Kier alpha value is -1.48. The number of unbranched alkanes of at least 4 members (excludes halogenated alkanes) is 3. The average Bonchev–Trinajstić information content (AvgIpc) is 2.67. The Morgan fingerprint density at radius 3 is 2.44 bits per heavy atom. The summed E-state index contributed by atoms with van der Waals surface area (Å²) < 4.78 is 32.0. The van der Waals surface area contributed by atoms with Crippen molar-refractivity contribution in [2.45, 2.75) is 44.4 Å². The fourth-order valence-electron chi connectivity index (χ4n) is 3.05. The van der Waals surface area contributed by atoms with Crippen LogP contribution in [0.2, 0.25) is 0 Å². The molecular weight excluding hydrogens is 366 g/mol. The van der Waals surface area contributed by atoms with Gasteiger partial charge in [0, 0.05) is 26.1 Å². The zero-order chi connectivity index (χ0) is 19.5. The summed E-state index contributed by atoms with van der Waals surface area (Å²) >= 11 is 0. The maximum Gasteiger partial charge on any atom is 0.220 e. The predicted octanol–water partition coefficient (Wildman–Crippen LogP) is 1.37. The molecule has 1 saturated heterocycles. The number of hydrogen-bond acceptors (Lipinski definition) is 5. The molecule has 3 N–H and O–H groups in total. The third kappa shape index (κ3) is 7.57. The van der Waals surface area contributed by atoms with Gasteiger partial charge in [0.05, 0.1) is 19.0 Å². The summed E-state index contributed by atoms with van der Waals surface area (Å²) in [6, 6.07) is 7.37. The maximum absolute atomic E-state index is 12.6. The minimum absolute atomic E-state index is 0.00594. The van der Waals surface area contributed by atoms with Gasteiger partial charge in [-0.1, -0.05) is 37.1 Å². The van der Waals surface area contributed by atoms with Crippen LogP contribution in [0.5, 0.6) is 0 Å². The second kappa shape index (κ2) is 11.4. The van der Waals surface area contributed by atoms with Crippen LogP contribution in [0.25, 0.3) is 0 Å². The molecule has 1 aromatic rings. The molecule has 0 bridgehead atoms. The fourth-order valence-corrected chi connectivity index (χ4v) is 4.61. The van der Waals surface area contributed by atoms with Crippen molar-refractivity contribution in [3.05, 3.63) is 35.4 Å². The molecule has 27 heavy (non-hydrogen) atoms. The van der Waals surface area contributed by atoms with Gasteiger partial charge in [0.2, 0.25) is 15.9 Å². The van der Waals surface area contributed by atoms with Crippen LogP contribution in [0.3, 0.4) is 0 Å². The molecule has 152 valence electrons. The van der Waals surface area contributed by atoms with Crippen molar-refractivity contribution in [2.24, 2.45) is 5.73 Å². The Morgan fingerprint density at radius 1 is 1.07 bits per heavy atom. The first-order chi connectivity index (χ1) is 13.0. The second-order valence-electron chi connectivity index (χ2n) is 6.77. The minimum atomic E-state index is -3.39. The summed E-state index contributed by atoms with van der Waals surface area (Å²) in [6.45, 7) is 2.69. The van der Waals surface area contributed by atoms with Crippen molar-refractivity contribution in [3.8, 4) is 0 Å². The van der Waals surface area contributed by atoms with E-state index in [9.17, 15) is 13.2 Å². The zero-order valence-corrected chi connectivity index (χ0v) is 16.7. The van der Waals surface area contributed by atoms with Gasteiger partial charge in [0.1, 0.15) is 0 Å². The van der Waals surface area contributed by atoms with Crippen molar-refractivity contribution in [1.82, 2.24) is 9.62 Å². The summed E-state index contributed by atoms with van der Waals surface area (Å²) in [5, 5.41) is 2.90. The molecule has 1 aliphatic heterocycles. The lowest BCUT2D eigenvalue weighted by atomic mass is 10.1. The first-order valence-electron chi connectivity index (χ1n) is 9.62. The Bertz CT molecular complexity index is 688. The Kier molecular flexibility index (Phi) is 9.20. The van der Waals surface area contributed by atoms with Crippen LogP contribution in [0, 0.1) is 0 Å². The summed E-state index contributed by atoms with van der Waals surface area (Å²) in [5.74, 6) is -0.0633. The highest BCUT2D eigenvalue weighted by Gasteiger charge is 2.25. The predicted molar refractivity (Wildman–Crippen MR) is 105 cm³/mol. The van der Waals surface area contributed by atoms with Crippen LogP contribution >= 0.6 is 0 Å². The number of nitrogens with one attached hydrogen (secondary N) is 1. The van der Waals surface area contributed by atoms with Crippen molar-refractivity contribution in [3.63, 3.8) is 0 Å². The fraction of sp³-hybridized carbons (Fsp3) is 0.632. The van der Waals surface area contributed by atoms with Crippen LogP contribution in [0.1, 0.15) is 43.2 Å². The van der Waals surface area contributed by atoms with E-state index >= 15 is 0 Å². The lowest BCUT2D eigenvalue weighted by Crippen LogP contribution is -2.41. The van der Waals surface area contributed by atoms with E-state index in [2.05, 4.69) is 5.32 Å². The molecule has 0 atom stereocenters. The number of nitrogens with two attached hydrogens (primary N) is 1. The van der Waals surface area contributed by atoms with Gasteiger partial charge >= 0.3 is 0 Å². The van der Waals surface area contributed by atoms with E-state index in [0.717, 1.165) is 36.8 Å². The number of carbonyl (C=O) groups is 1. The van der Waals surface area contributed by atoms with E-state index in [4.69, 9.17) is 10.5 Å². The van der Waals surface area contributed by atoms with Crippen LogP contribution < -0.4 is 11.1 Å². The molecule has 1 aliphatic rings. The van der Waals surface area contributed by atoms with E-state index in [1.807, 2.05) is 24.3 Å². The molecule has 1 heterocycles. The quantitative estimate of drug-likeness (QED) is 0.549. The molecule has 0 spiro atoms. The van der Waals surface area contributed by atoms with Gasteiger partial charge in [-0.3, -0.25) is 4.79 Å². The summed E-state index contributed by atoms with van der Waals surface area (Å²) in [7, 11) is -3.39. The lowest BCUT2D eigenvalue weighted by molar-refractivity contribution is -0.121. The van der Waals surface area contributed by atoms with Crippen LogP contribution in [-0.2, 0) is 31.9 Å². The van der Waals surface area contributed by atoms with Gasteiger partial charge in [-0.2, -0.15) is 4.31 Å². The van der Waals surface area contributed by atoms with Crippen LogP contribution in [0.4, 0.5) is 0 Å². The molecule has 2 rings (SSSR count). The second-order valence-corrected chi connectivity index (χ2v) is 8.73. The van der Waals surface area contributed by atoms with Gasteiger partial charge < -0.3 is 15.8 Å². The highest BCUT2D eigenvalue weighted by molar-refractivity contribution is 7.88. The number of nitrogens with zero attached hydrogens (tertiary/aromatic N) is 1. The molecule has 1 aromatic carbocycles. The summed E-state index contributed by atoms with van der Waals surface area (Å²) in [4.78, 5) is 12.0. The number of rotatable bonds is 11. The number of morpholine rings is 1. The number of ether oxygens (including phenoxy) is 1. The van der Waals surface area contributed by atoms with E-state index in [1.54, 1.807) is 0 Å². The van der Waals surface area contributed by atoms with Crippen molar-refractivity contribution >= 4 is 15.9 Å². The molecule has 1 fully saturated rings. The third-order valence-electron chi connectivity index (χ3n) is 4.65. The Labute approximate surface area is 162 Å². The van der Waals surface area contributed by atoms with E-state index < -0.39 is 10.0 Å². The molecule has 1 amide bonds. The Balaban J connectivity index is 1.86. The molecule has 8 heteroatoms. The molecule has 0 unspecified atom stereocenters. The average molecular weight is 398 g/mol. The molecule has 0 aliphatic carbocycles. The van der Waals surface area contributed by atoms with Gasteiger partial charge in [0.25, 0.3) is 0 Å². The zero-order valence-electron chi connectivity index (χ0n) is 15.9. The van der Waals surface area contributed by atoms with Gasteiger partial charge in [-0.05, 0) is 30.5 Å². The van der Waals surface area contributed by atoms with Gasteiger partial charge in [-0.15, -0.1) is 0 Å². The van der Waals surface area contributed by atoms with Crippen LogP contribution in [0.15, 0.2) is 24.3 Å². The van der Waals surface area contributed by atoms with Crippen molar-refractivity contribution in [1.29, 1.82) is 0 Å². The summed E-state index contributed by atoms with van der Waals surface area (Å²) in [5.41, 5.74) is 7.02.